The lowest BCUT2D eigenvalue weighted by Gasteiger charge is -2.29. The third-order valence-electron chi connectivity index (χ3n) is 7.67. The summed E-state index contributed by atoms with van der Waals surface area (Å²) in [5.74, 6) is -1.34. The fraction of sp³-hybridized carbons (Fsp3) is 0.500. The summed E-state index contributed by atoms with van der Waals surface area (Å²) in [7, 11) is -0.234. The second-order valence-corrected chi connectivity index (χ2v) is 12.0. The molecular formula is C26H32N4O5S. The molecule has 2 heterocycles. The van der Waals surface area contributed by atoms with Crippen LogP contribution in [-0.4, -0.2) is 74.7 Å². The van der Waals surface area contributed by atoms with Gasteiger partial charge in [0.1, 0.15) is 0 Å². The number of carbonyl (C=O) groups excluding carboxylic acids is 3. The molecule has 2 aromatic rings. The second-order valence-electron chi connectivity index (χ2n) is 10.4. The first-order chi connectivity index (χ1) is 17.0. The Labute approximate surface area is 211 Å². The maximum absolute atomic E-state index is 13.5. The Balaban J connectivity index is 1.37. The smallest absolute Gasteiger partial charge is 0.241 e. The predicted molar refractivity (Wildman–Crippen MR) is 136 cm³/mol. The van der Waals surface area contributed by atoms with Gasteiger partial charge in [-0.1, -0.05) is 31.2 Å². The number of likely N-dealkylation sites (tertiary alicyclic amines) is 2. The number of anilines is 1. The molecule has 1 N–H and O–H groups in total. The van der Waals surface area contributed by atoms with Crippen molar-refractivity contribution in [2.45, 2.75) is 56.1 Å². The van der Waals surface area contributed by atoms with Gasteiger partial charge in [0.2, 0.25) is 27.7 Å². The maximum atomic E-state index is 13.5. The van der Waals surface area contributed by atoms with E-state index in [9.17, 15) is 22.8 Å². The van der Waals surface area contributed by atoms with Crippen molar-refractivity contribution >= 4 is 44.2 Å². The van der Waals surface area contributed by atoms with E-state index >= 15 is 0 Å². The first kappa shape index (κ1) is 24.7. The second kappa shape index (κ2) is 8.85. The normalized spacial score (nSPS) is 24.8. The summed E-state index contributed by atoms with van der Waals surface area (Å²) < 4.78 is 29.4. The minimum absolute atomic E-state index is 0.0795. The molecule has 5 rings (SSSR count). The van der Waals surface area contributed by atoms with E-state index in [1.165, 1.54) is 17.9 Å². The number of carbonyl (C=O) groups is 3. The number of nitrogens with zero attached hydrogens (tertiary/aromatic N) is 3. The maximum Gasteiger partial charge on any atom is 0.241 e. The number of nitrogens with one attached hydrogen (secondary N) is 1. The molecule has 2 aliphatic heterocycles. The summed E-state index contributed by atoms with van der Waals surface area (Å²) in [6.45, 7) is 3.66. The van der Waals surface area contributed by atoms with Crippen molar-refractivity contribution in [3.8, 4) is 0 Å². The van der Waals surface area contributed by atoms with Crippen LogP contribution in [0.2, 0.25) is 0 Å². The van der Waals surface area contributed by atoms with Gasteiger partial charge >= 0.3 is 0 Å². The zero-order valence-electron chi connectivity index (χ0n) is 21.0. The standard InChI is InChI=1S/C26H32N4O5S/c1-15-23-21(30(24(15)31)26(33)17-11-12-17)13-14-29(23)25(32)16(2)27-36(34,35)22-10-6-7-18-19(22)8-5-9-20(18)28(3)4/h5-10,15-17,21,23,27H,11-14H2,1-4H3/t15-,16-,21-,23+/m0/s1. The van der Waals surface area contributed by atoms with Crippen LogP contribution in [0.1, 0.15) is 33.1 Å². The molecule has 0 radical (unpaired) electrons. The molecule has 10 heteroatoms. The highest BCUT2D eigenvalue weighted by atomic mass is 32.2. The highest BCUT2D eigenvalue weighted by Crippen LogP contribution is 2.41. The van der Waals surface area contributed by atoms with Crippen LogP contribution < -0.4 is 9.62 Å². The fourth-order valence-corrected chi connectivity index (χ4v) is 7.17. The van der Waals surface area contributed by atoms with E-state index < -0.39 is 28.0 Å². The lowest BCUT2D eigenvalue weighted by atomic mass is 10.0. The van der Waals surface area contributed by atoms with E-state index in [0.29, 0.717) is 18.4 Å². The van der Waals surface area contributed by atoms with E-state index in [2.05, 4.69) is 4.72 Å². The number of imide groups is 1. The number of sulfonamides is 1. The molecule has 0 unspecified atom stereocenters. The van der Waals surface area contributed by atoms with Crippen molar-refractivity contribution in [3.63, 3.8) is 0 Å². The molecular weight excluding hydrogens is 480 g/mol. The van der Waals surface area contributed by atoms with E-state index in [0.717, 1.165) is 23.9 Å². The quantitative estimate of drug-likeness (QED) is 0.593. The Morgan fingerprint density at radius 3 is 2.39 bits per heavy atom. The van der Waals surface area contributed by atoms with Crippen LogP contribution in [0.5, 0.6) is 0 Å². The van der Waals surface area contributed by atoms with E-state index in [1.54, 1.807) is 24.0 Å². The van der Waals surface area contributed by atoms with E-state index in [1.807, 2.05) is 37.2 Å². The van der Waals surface area contributed by atoms with Gasteiger partial charge in [0.05, 0.1) is 28.9 Å². The molecule has 1 aliphatic carbocycles. The minimum atomic E-state index is -4.02. The molecule has 2 saturated heterocycles. The van der Waals surface area contributed by atoms with Crippen LogP contribution in [-0.2, 0) is 24.4 Å². The first-order valence-electron chi connectivity index (χ1n) is 12.4. The molecule has 3 fully saturated rings. The SMILES string of the molecule is C[C@H](NS(=O)(=O)c1cccc2c(N(C)C)cccc12)C(=O)N1CC[C@H]2[C@H]1[C@H](C)C(=O)N2C(=O)C1CC1. The van der Waals surface area contributed by atoms with Crippen LogP contribution >= 0.6 is 0 Å². The molecule has 0 spiro atoms. The average molecular weight is 513 g/mol. The van der Waals surface area contributed by atoms with Crippen molar-refractivity contribution in [2.75, 3.05) is 25.5 Å². The average Bonchev–Trinajstić information content (AvgIpc) is 3.56. The topological polar surface area (TPSA) is 107 Å². The molecule has 0 aromatic heterocycles. The van der Waals surface area contributed by atoms with Gasteiger partial charge in [-0.05, 0) is 38.3 Å². The van der Waals surface area contributed by atoms with Crippen LogP contribution in [0.4, 0.5) is 5.69 Å². The summed E-state index contributed by atoms with van der Waals surface area (Å²) in [5.41, 5.74) is 0.891. The number of amides is 3. The summed E-state index contributed by atoms with van der Waals surface area (Å²) in [4.78, 5) is 44.1. The van der Waals surface area contributed by atoms with Crippen molar-refractivity contribution in [3.05, 3.63) is 36.4 Å². The van der Waals surface area contributed by atoms with Crippen LogP contribution in [0, 0.1) is 11.8 Å². The van der Waals surface area contributed by atoms with Crippen molar-refractivity contribution in [2.24, 2.45) is 11.8 Å². The highest BCUT2D eigenvalue weighted by Gasteiger charge is 2.56. The number of benzene rings is 2. The number of fused-ring (bicyclic) bond motifs is 2. The summed E-state index contributed by atoms with van der Waals surface area (Å²) in [6, 6.07) is 8.78. The van der Waals surface area contributed by atoms with Gasteiger partial charge < -0.3 is 9.80 Å². The lowest BCUT2D eigenvalue weighted by Crippen LogP contribution is -2.51. The van der Waals surface area contributed by atoms with Gasteiger partial charge in [-0.25, -0.2) is 8.42 Å². The van der Waals surface area contributed by atoms with Crippen molar-refractivity contribution in [1.29, 1.82) is 0 Å². The monoisotopic (exact) mass is 512 g/mol. The molecule has 1 saturated carbocycles. The first-order valence-corrected chi connectivity index (χ1v) is 13.9. The Kier molecular flexibility index (Phi) is 6.07. The van der Waals surface area contributed by atoms with Crippen molar-refractivity contribution < 1.29 is 22.8 Å². The third-order valence-corrected chi connectivity index (χ3v) is 9.27. The largest absolute Gasteiger partial charge is 0.377 e. The van der Waals surface area contributed by atoms with E-state index in [4.69, 9.17) is 0 Å². The Bertz CT molecular complexity index is 1350. The van der Waals surface area contributed by atoms with Crippen LogP contribution in [0.25, 0.3) is 10.8 Å². The molecule has 4 atom stereocenters. The van der Waals surface area contributed by atoms with Gasteiger partial charge in [0, 0.05) is 43.0 Å². The molecule has 36 heavy (non-hydrogen) atoms. The van der Waals surface area contributed by atoms with Gasteiger partial charge in [-0.2, -0.15) is 4.72 Å². The van der Waals surface area contributed by atoms with Crippen LogP contribution in [0.3, 0.4) is 0 Å². The molecule has 192 valence electrons. The van der Waals surface area contributed by atoms with Gasteiger partial charge in [0.15, 0.2) is 0 Å². The number of hydrogen-bond donors (Lipinski definition) is 1. The van der Waals surface area contributed by atoms with Gasteiger partial charge in [-0.15, -0.1) is 0 Å². The number of hydrogen-bond acceptors (Lipinski definition) is 6. The Morgan fingerprint density at radius 2 is 1.72 bits per heavy atom. The summed E-state index contributed by atoms with van der Waals surface area (Å²) in [6.07, 6.45) is 2.13. The molecule has 0 bridgehead atoms. The Hall–Kier alpha value is -2.98. The molecule has 3 amide bonds. The zero-order valence-corrected chi connectivity index (χ0v) is 21.8. The Morgan fingerprint density at radius 1 is 1.06 bits per heavy atom. The number of rotatable bonds is 6. The molecule has 9 nitrogen and oxygen atoms in total. The zero-order chi connectivity index (χ0) is 25.9. The summed E-state index contributed by atoms with van der Waals surface area (Å²) in [5, 5.41) is 1.37. The minimum Gasteiger partial charge on any atom is -0.377 e. The summed E-state index contributed by atoms with van der Waals surface area (Å²) >= 11 is 0. The van der Waals surface area contributed by atoms with Crippen LogP contribution in [0.15, 0.2) is 41.3 Å². The van der Waals surface area contributed by atoms with Crippen molar-refractivity contribution in [1.82, 2.24) is 14.5 Å². The fourth-order valence-electron chi connectivity index (χ4n) is 5.75. The predicted octanol–water partition coefficient (Wildman–Crippen LogP) is 1.96. The molecule has 2 aromatic carbocycles. The third kappa shape index (κ3) is 3.96. The van der Waals surface area contributed by atoms with Gasteiger partial charge in [-0.3, -0.25) is 19.3 Å². The molecule has 3 aliphatic rings. The van der Waals surface area contributed by atoms with E-state index in [-0.39, 0.29) is 34.6 Å². The van der Waals surface area contributed by atoms with Gasteiger partial charge in [0.25, 0.3) is 0 Å². The highest BCUT2D eigenvalue weighted by molar-refractivity contribution is 7.89. The lowest BCUT2D eigenvalue weighted by molar-refractivity contribution is -0.146.